The molecule has 1 aliphatic heterocycles. The second kappa shape index (κ2) is 8.88. The molecule has 1 aromatic heterocycles. The number of carbonyl (C=O) groups excluding carboxylic acids is 1. The molecule has 0 bridgehead atoms. The summed E-state index contributed by atoms with van der Waals surface area (Å²) in [7, 11) is 0. The zero-order valence-electron chi connectivity index (χ0n) is 16.9. The number of nitrogens with one attached hydrogen (secondary N) is 1. The highest BCUT2D eigenvalue weighted by molar-refractivity contribution is 6.33. The molecule has 1 fully saturated rings. The number of aryl methyl sites for hydroxylation is 1. The number of halogens is 1. The van der Waals surface area contributed by atoms with Crippen LogP contribution in [0, 0.1) is 6.92 Å². The van der Waals surface area contributed by atoms with E-state index in [1.165, 1.54) is 0 Å². The van der Waals surface area contributed by atoms with Crippen LogP contribution in [0.2, 0.25) is 5.02 Å². The SMILES string of the molecule is Cc1cc(N2CCN([C@@H](C)C(=O)Nc3ccccc3Cl)CC2)nc(C(C)C)n1. The average molecular weight is 402 g/mol. The third kappa shape index (κ3) is 4.80. The van der Waals surface area contributed by atoms with Crippen LogP contribution in [0.4, 0.5) is 11.5 Å². The molecule has 1 aromatic carbocycles. The second-order valence-corrected chi connectivity index (χ2v) is 7.96. The Labute approximate surface area is 171 Å². The van der Waals surface area contributed by atoms with Gasteiger partial charge < -0.3 is 10.2 Å². The Morgan fingerprint density at radius 1 is 1.11 bits per heavy atom. The van der Waals surface area contributed by atoms with Crippen molar-refractivity contribution in [3.63, 3.8) is 0 Å². The Bertz CT molecular complexity index is 833. The number of amides is 1. The van der Waals surface area contributed by atoms with Gasteiger partial charge >= 0.3 is 0 Å². The zero-order valence-corrected chi connectivity index (χ0v) is 17.7. The zero-order chi connectivity index (χ0) is 20.3. The maximum atomic E-state index is 12.6. The normalized spacial score (nSPS) is 16.3. The smallest absolute Gasteiger partial charge is 0.241 e. The molecule has 2 heterocycles. The lowest BCUT2D eigenvalue weighted by Crippen LogP contribution is -2.53. The van der Waals surface area contributed by atoms with E-state index >= 15 is 0 Å². The molecule has 7 heteroatoms. The lowest BCUT2D eigenvalue weighted by Gasteiger charge is -2.38. The molecule has 28 heavy (non-hydrogen) atoms. The van der Waals surface area contributed by atoms with E-state index in [4.69, 9.17) is 16.6 Å². The van der Waals surface area contributed by atoms with Crippen LogP contribution in [0.15, 0.2) is 30.3 Å². The molecule has 1 saturated heterocycles. The van der Waals surface area contributed by atoms with E-state index in [0.717, 1.165) is 43.5 Å². The van der Waals surface area contributed by atoms with E-state index < -0.39 is 0 Å². The number of hydrogen-bond acceptors (Lipinski definition) is 5. The van der Waals surface area contributed by atoms with Crippen LogP contribution < -0.4 is 10.2 Å². The minimum atomic E-state index is -0.225. The number of piperazine rings is 1. The third-order valence-corrected chi connectivity index (χ3v) is 5.40. The van der Waals surface area contributed by atoms with Gasteiger partial charge in [0.25, 0.3) is 0 Å². The summed E-state index contributed by atoms with van der Waals surface area (Å²) in [6.07, 6.45) is 0. The van der Waals surface area contributed by atoms with Crippen LogP contribution >= 0.6 is 11.6 Å². The van der Waals surface area contributed by atoms with E-state index in [1.54, 1.807) is 6.07 Å². The summed E-state index contributed by atoms with van der Waals surface area (Å²) in [5, 5.41) is 3.48. The monoisotopic (exact) mass is 401 g/mol. The molecule has 0 unspecified atom stereocenters. The average Bonchev–Trinajstić information content (AvgIpc) is 2.68. The summed E-state index contributed by atoms with van der Waals surface area (Å²) in [6.45, 7) is 11.4. The van der Waals surface area contributed by atoms with E-state index in [1.807, 2.05) is 38.1 Å². The third-order valence-electron chi connectivity index (χ3n) is 5.07. The van der Waals surface area contributed by atoms with Crippen molar-refractivity contribution in [1.82, 2.24) is 14.9 Å². The van der Waals surface area contributed by atoms with Crippen molar-refractivity contribution >= 4 is 29.0 Å². The highest BCUT2D eigenvalue weighted by Gasteiger charge is 2.26. The minimum absolute atomic E-state index is 0.0403. The Hall–Kier alpha value is -2.18. The van der Waals surface area contributed by atoms with Gasteiger partial charge in [-0.1, -0.05) is 37.6 Å². The first-order chi connectivity index (χ1) is 13.3. The van der Waals surface area contributed by atoms with Crippen LogP contribution in [0.25, 0.3) is 0 Å². The molecular weight excluding hydrogens is 374 g/mol. The molecule has 1 amide bonds. The van der Waals surface area contributed by atoms with Gasteiger partial charge in [0.1, 0.15) is 11.6 Å². The first kappa shape index (κ1) is 20.6. The number of benzene rings is 1. The van der Waals surface area contributed by atoms with Crippen LogP contribution in [-0.4, -0.2) is 53.0 Å². The number of para-hydroxylation sites is 1. The van der Waals surface area contributed by atoms with Gasteiger partial charge in [-0.15, -0.1) is 0 Å². The maximum Gasteiger partial charge on any atom is 0.241 e. The minimum Gasteiger partial charge on any atom is -0.354 e. The quantitative estimate of drug-likeness (QED) is 0.827. The Morgan fingerprint density at radius 3 is 2.43 bits per heavy atom. The number of rotatable bonds is 5. The van der Waals surface area contributed by atoms with Crippen LogP contribution in [0.1, 0.15) is 38.2 Å². The van der Waals surface area contributed by atoms with Crippen molar-refractivity contribution < 1.29 is 4.79 Å². The maximum absolute atomic E-state index is 12.6. The van der Waals surface area contributed by atoms with Crippen molar-refractivity contribution in [3.8, 4) is 0 Å². The highest BCUT2D eigenvalue weighted by atomic mass is 35.5. The molecule has 0 saturated carbocycles. The lowest BCUT2D eigenvalue weighted by molar-refractivity contribution is -0.120. The Balaban J connectivity index is 1.60. The first-order valence-corrected chi connectivity index (χ1v) is 10.1. The summed E-state index contributed by atoms with van der Waals surface area (Å²) in [5.74, 6) is 2.11. The number of aromatic nitrogens is 2. The predicted octanol–water partition coefficient (Wildman–Crippen LogP) is 3.71. The first-order valence-electron chi connectivity index (χ1n) is 9.75. The topological polar surface area (TPSA) is 61.4 Å². The second-order valence-electron chi connectivity index (χ2n) is 7.55. The summed E-state index contributed by atoms with van der Waals surface area (Å²) >= 11 is 6.15. The van der Waals surface area contributed by atoms with Crippen molar-refractivity contribution in [2.75, 3.05) is 36.4 Å². The van der Waals surface area contributed by atoms with Gasteiger partial charge in [0.15, 0.2) is 0 Å². The fraction of sp³-hybridized carbons (Fsp3) is 0.476. The molecule has 2 aromatic rings. The molecular formula is C21H28ClN5O. The van der Waals surface area contributed by atoms with Crippen LogP contribution in [0.3, 0.4) is 0 Å². The fourth-order valence-corrected chi connectivity index (χ4v) is 3.48. The molecule has 1 atom stereocenters. The lowest BCUT2D eigenvalue weighted by atomic mass is 10.2. The molecule has 0 radical (unpaired) electrons. The molecule has 1 N–H and O–H groups in total. The Morgan fingerprint density at radius 2 is 1.79 bits per heavy atom. The molecule has 0 aliphatic carbocycles. The van der Waals surface area contributed by atoms with E-state index in [9.17, 15) is 4.79 Å². The van der Waals surface area contributed by atoms with Crippen LogP contribution in [-0.2, 0) is 4.79 Å². The fourth-order valence-electron chi connectivity index (χ4n) is 3.30. The van der Waals surface area contributed by atoms with E-state index in [2.05, 4.69) is 33.9 Å². The Kier molecular flexibility index (Phi) is 6.52. The number of nitrogens with zero attached hydrogens (tertiary/aromatic N) is 4. The van der Waals surface area contributed by atoms with Gasteiger partial charge in [-0.25, -0.2) is 9.97 Å². The number of carbonyl (C=O) groups is 1. The highest BCUT2D eigenvalue weighted by Crippen LogP contribution is 2.22. The van der Waals surface area contributed by atoms with E-state index in [-0.39, 0.29) is 11.9 Å². The molecule has 6 nitrogen and oxygen atoms in total. The van der Waals surface area contributed by atoms with Gasteiger partial charge in [-0.3, -0.25) is 9.69 Å². The summed E-state index contributed by atoms with van der Waals surface area (Å²) < 4.78 is 0. The predicted molar refractivity (Wildman–Crippen MR) is 114 cm³/mol. The van der Waals surface area contributed by atoms with Crippen molar-refractivity contribution in [3.05, 3.63) is 46.9 Å². The molecule has 0 spiro atoms. The number of anilines is 2. The van der Waals surface area contributed by atoms with Gasteiger partial charge in [-0.2, -0.15) is 0 Å². The van der Waals surface area contributed by atoms with Crippen molar-refractivity contribution in [2.45, 2.75) is 39.7 Å². The standard InChI is InChI=1S/C21H28ClN5O/c1-14(2)20-23-15(3)13-19(25-20)27-11-9-26(10-12-27)16(4)21(28)24-18-8-6-5-7-17(18)22/h5-8,13-14,16H,9-12H2,1-4H3,(H,24,28)/t16-/m0/s1. The van der Waals surface area contributed by atoms with Gasteiger partial charge in [-0.05, 0) is 26.0 Å². The largest absolute Gasteiger partial charge is 0.354 e. The molecule has 150 valence electrons. The van der Waals surface area contributed by atoms with Gasteiger partial charge in [0.2, 0.25) is 5.91 Å². The van der Waals surface area contributed by atoms with E-state index in [0.29, 0.717) is 16.6 Å². The number of hydrogen-bond donors (Lipinski definition) is 1. The summed E-state index contributed by atoms with van der Waals surface area (Å²) in [4.78, 5) is 26.4. The molecule has 1 aliphatic rings. The summed E-state index contributed by atoms with van der Waals surface area (Å²) in [6, 6.07) is 9.11. The van der Waals surface area contributed by atoms with Crippen LogP contribution in [0.5, 0.6) is 0 Å². The molecule has 3 rings (SSSR count). The summed E-state index contributed by atoms with van der Waals surface area (Å²) in [5.41, 5.74) is 1.64. The van der Waals surface area contributed by atoms with Crippen molar-refractivity contribution in [2.24, 2.45) is 0 Å². The van der Waals surface area contributed by atoms with Crippen molar-refractivity contribution in [1.29, 1.82) is 0 Å². The van der Waals surface area contributed by atoms with Gasteiger partial charge in [0.05, 0.1) is 16.8 Å². The van der Waals surface area contributed by atoms with Gasteiger partial charge in [0, 0.05) is 43.9 Å².